The van der Waals surface area contributed by atoms with E-state index in [-0.39, 0.29) is 11.8 Å². The molecule has 11 heteroatoms. The molecule has 2 aliphatic heterocycles. The fourth-order valence-electron chi connectivity index (χ4n) is 5.25. The lowest BCUT2D eigenvalue weighted by Crippen LogP contribution is -2.48. The lowest BCUT2D eigenvalue weighted by atomic mass is 9.90. The van der Waals surface area contributed by atoms with Crippen molar-refractivity contribution in [2.45, 2.75) is 5.92 Å². The number of H-pyrrole nitrogens is 1. The number of halogens is 1. The van der Waals surface area contributed by atoms with Crippen molar-refractivity contribution in [3.8, 4) is 0 Å². The third-order valence-electron chi connectivity index (χ3n) is 7.65. The van der Waals surface area contributed by atoms with Gasteiger partial charge >= 0.3 is 5.76 Å². The van der Waals surface area contributed by atoms with Crippen LogP contribution in [0.5, 0.6) is 0 Å². The highest BCUT2D eigenvalue weighted by molar-refractivity contribution is 6.31. The number of aromatic nitrogens is 1. The molecule has 4 aromatic rings. The van der Waals surface area contributed by atoms with Gasteiger partial charge in [-0.1, -0.05) is 17.7 Å². The number of likely N-dealkylation sites (N-methyl/N-ethyl adjacent to an activating group) is 2. The van der Waals surface area contributed by atoms with Crippen molar-refractivity contribution in [2.75, 3.05) is 57.0 Å². The molecule has 3 heterocycles. The Morgan fingerprint density at radius 1 is 1.05 bits per heavy atom. The quantitative estimate of drug-likeness (QED) is 0.339. The predicted molar refractivity (Wildman–Crippen MR) is 160 cm³/mol. The first-order valence-electron chi connectivity index (χ1n) is 13.3. The standard InChI is InChI=1S/C30H29ClN6O4/c1-35-11-13-37(14-12-35)17-26(38)36(2)21-7-5-20(6-8-21)32-28(18-3-10-25-24(15-18)34-30(40)41-25)27-22-9-4-19(31)16-23(22)33-29(27)39/h3-10,15-16,27H,11-14,17H2,1-2H3,(H,33,39)(H,34,40). The van der Waals surface area contributed by atoms with E-state index in [1.165, 1.54) is 0 Å². The molecular formula is C30H29ClN6O4. The molecule has 2 N–H and O–H groups in total. The monoisotopic (exact) mass is 572 g/mol. The number of hydrogen-bond donors (Lipinski definition) is 2. The van der Waals surface area contributed by atoms with E-state index >= 15 is 0 Å². The average molecular weight is 573 g/mol. The van der Waals surface area contributed by atoms with Crippen LogP contribution < -0.4 is 16.0 Å². The molecule has 0 saturated carbocycles. The first-order valence-corrected chi connectivity index (χ1v) is 13.7. The lowest BCUT2D eigenvalue weighted by molar-refractivity contribution is -0.120. The van der Waals surface area contributed by atoms with E-state index in [4.69, 9.17) is 21.0 Å². The van der Waals surface area contributed by atoms with Crippen molar-refractivity contribution in [3.63, 3.8) is 0 Å². The summed E-state index contributed by atoms with van der Waals surface area (Å²) in [6.45, 7) is 4.01. The maximum atomic E-state index is 13.3. The number of rotatable bonds is 6. The third-order valence-corrected chi connectivity index (χ3v) is 7.89. The van der Waals surface area contributed by atoms with E-state index in [9.17, 15) is 14.4 Å². The van der Waals surface area contributed by atoms with E-state index in [0.717, 1.165) is 37.4 Å². The second-order valence-electron chi connectivity index (χ2n) is 10.4. The minimum Gasteiger partial charge on any atom is -0.408 e. The Kier molecular flexibility index (Phi) is 7.21. The van der Waals surface area contributed by atoms with Crippen LogP contribution in [0.2, 0.25) is 5.02 Å². The first-order chi connectivity index (χ1) is 19.7. The summed E-state index contributed by atoms with van der Waals surface area (Å²) in [6.07, 6.45) is 0. The highest BCUT2D eigenvalue weighted by Crippen LogP contribution is 2.38. The van der Waals surface area contributed by atoms with Crippen molar-refractivity contribution >= 4 is 57.3 Å². The van der Waals surface area contributed by atoms with Gasteiger partial charge in [0.1, 0.15) is 5.92 Å². The van der Waals surface area contributed by atoms with Crippen molar-refractivity contribution < 1.29 is 14.0 Å². The number of anilines is 2. The number of carbonyl (C=O) groups excluding carboxylic acids is 2. The summed E-state index contributed by atoms with van der Waals surface area (Å²) in [5.74, 6) is -1.47. The second-order valence-corrected chi connectivity index (χ2v) is 10.9. The SMILES string of the molecule is CN1CCN(CC(=O)N(C)c2ccc(N=C(c3ccc4oc(=O)[nH]c4c3)C3C(=O)Nc4cc(Cl)ccc43)cc2)CC1. The zero-order valence-corrected chi connectivity index (χ0v) is 23.4. The molecule has 3 aromatic carbocycles. The molecule has 210 valence electrons. The molecule has 2 amide bonds. The fraction of sp³-hybridized carbons (Fsp3) is 0.267. The van der Waals surface area contributed by atoms with Crippen LogP contribution in [0.15, 0.2) is 74.9 Å². The minimum atomic E-state index is -0.703. The van der Waals surface area contributed by atoms with Gasteiger partial charge in [0.2, 0.25) is 11.8 Å². The van der Waals surface area contributed by atoms with E-state index in [0.29, 0.717) is 45.3 Å². The molecular weight excluding hydrogens is 544 g/mol. The lowest BCUT2D eigenvalue weighted by Gasteiger charge is -2.32. The largest absolute Gasteiger partial charge is 0.417 e. The van der Waals surface area contributed by atoms with Crippen LogP contribution in [0.3, 0.4) is 0 Å². The number of carbonyl (C=O) groups is 2. The van der Waals surface area contributed by atoms with Crippen LogP contribution in [-0.2, 0) is 9.59 Å². The van der Waals surface area contributed by atoms with Crippen LogP contribution in [-0.4, -0.2) is 79.1 Å². The van der Waals surface area contributed by atoms with Crippen LogP contribution in [0, 0.1) is 0 Å². The first kappa shape index (κ1) is 26.9. The smallest absolute Gasteiger partial charge is 0.408 e. The zero-order valence-electron chi connectivity index (χ0n) is 22.7. The number of aromatic amines is 1. The Morgan fingerprint density at radius 2 is 1.80 bits per heavy atom. The normalized spacial score (nSPS) is 18.0. The van der Waals surface area contributed by atoms with Crippen molar-refractivity contribution in [3.05, 3.63) is 87.4 Å². The number of nitrogens with one attached hydrogen (secondary N) is 2. The molecule has 0 spiro atoms. The Labute approximate surface area is 241 Å². The molecule has 1 unspecified atom stereocenters. The van der Waals surface area contributed by atoms with Gasteiger partial charge in [-0.15, -0.1) is 0 Å². The summed E-state index contributed by atoms with van der Waals surface area (Å²) in [6, 6.07) is 17.8. The summed E-state index contributed by atoms with van der Waals surface area (Å²) in [5, 5.41) is 3.42. The van der Waals surface area contributed by atoms with Gasteiger partial charge in [-0.05, 0) is 72.8 Å². The topological polar surface area (TPSA) is 114 Å². The van der Waals surface area contributed by atoms with Gasteiger partial charge in [0.05, 0.1) is 23.5 Å². The fourth-order valence-corrected chi connectivity index (χ4v) is 5.42. The van der Waals surface area contributed by atoms with Gasteiger partial charge < -0.3 is 19.5 Å². The number of aliphatic imine (C=N–C) groups is 1. The molecule has 0 radical (unpaired) electrons. The van der Waals surface area contributed by atoms with Crippen LogP contribution >= 0.6 is 11.6 Å². The van der Waals surface area contributed by atoms with Gasteiger partial charge in [0, 0.05) is 49.6 Å². The Bertz CT molecular complexity index is 1720. The molecule has 1 fully saturated rings. The van der Waals surface area contributed by atoms with Crippen molar-refractivity contribution in [1.29, 1.82) is 0 Å². The molecule has 10 nitrogen and oxygen atoms in total. The Morgan fingerprint density at radius 3 is 2.56 bits per heavy atom. The van der Waals surface area contributed by atoms with E-state index in [2.05, 4.69) is 27.1 Å². The second kappa shape index (κ2) is 11.0. The molecule has 6 rings (SSSR count). The number of nitrogens with zero attached hydrogens (tertiary/aromatic N) is 4. The maximum Gasteiger partial charge on any atom is 0.417 e. The number of benzene rings is 3. The maximum absolute atomic E-state index is 13.3. The van der Waals surface area contributed by atoms with E-state index < -0.39 is 11.7 Å². The summed E-state index contributed by atoms with van der Waals surface area (Å²) >= 11 is 6.18. The third kappa shape index (κ3) is 5.54. The summed E-state index contributed by atoms with van der Waals surface area (Å²) in [5.41, 5.74) is 4.82. The molecule has 41 heavy (non-hydrogen) atoms. The number of oxazole rings is 1. The minimum absolute atomic E-state index is 0.0202. The molecule has 1 atom stereocenters. The Balaban J connectivity index is 1.32. The van der Waals surface area contributed by atoms with Crippen molar-refractivity contribution in [2.24, 2.45) is 4.99 Å². The van der Waals surface area contributed by atoms with Gasteiger partial charge in [0.25, 0.3) is 0 Å². The number of hydrogen-bond acceptors (Lipinski definition) is 7. The highest BCUT2D eigenvalue weighted by Gasteiger charge is 2.35. The van der Waals surface area contributed by atoms with Gasteiger partial charge in [0.15, 0.2) is 5.58 Å². The zero-order chi connectivity index (χ0) is 28.7. The molecule has 2 aliphatic rings. The summed E-state index contributed by atoms with van der Waals surface area (Å²) in [4.78, 5) is 51.7. The van der Waals surface area contributed by atoms with Gasteiger partial charge in [-0.25, -0.2) is 4.79 Å². The molecule has 0 bridgehead atoms. The molecule has 0 aliphatic carbocycles. The summed E-state index contributed by atoms with van der Waals surface area (Å²) < 4.78 is 5.16. The number of amides is 2. The van der Waals surface area contributed by atoms with Gasteiger partial charge in [-0.3, -0.25) is 24.5 Å². The predicted octanol–water partition coefficient (Wildman–Crippen LogP) is 3.84. The van der Waals surface area contributed by atoms with Crippen LogP contribution in [0.1, 0.15) is 17.0 Å². The average Bonchev–Trinajstić information content (AvgIpc) is 3.49. The van der Waals surface area contributed by atoms with Gasteiger partial charge in [-0.2, -0.15) is 0 Å². The van der Waals surface area contributed by atoms with Crippen LogP contribution in [0.4, 0.5) is 17.1 Å². The van der Waals surface area contributed by atoms with Crippen LogP contribution in [0.25, 0.3) is 11.1 Å². The Hall–Kier alpha value is -4.25. The summed E-state index contributed by atoms with van der Waals surface area (Å²) in [7, 11) is 3.86. The van der Waals surface area contributed by atoms with Crippen molar-refractivity contribution in [1.82, 2.24) is 14.8 Å². The highest BCUT2D eigenvalue weighted by atomic mass is 35.5. The number of piperazine rings is 1. The number of fused-ring (bicyclic) bond motifs is 2. The van der Waals surface area contributed by atoms with E-state index in [1.54, 1.807) is 42.3 Å². The molecule has 1 saturated heterocycles. The molecule has 1 aromatic heterocycles. The van der Waals surface area contributed by atoms with E-state index in [1.807, 2.05) is 30.3 Å².